The Kier molecular flexibility index (Phi) is 7.11. The first kappa shape index (κ1) is 20.2. The third kappa shape index (κ3) is 6.58. The zero-order valence-electron chi connectivity index (χ0n) is 15.9. The fourth-order valence-electron chi connectivity index (χ4n) is 2.60. The standard InChI is InChI=1S/C21H25N3O3/c1-15-4-6-18(7-5-15)14-22-21(27)12-13-24(17(3)26)20-10-8-19(9-11-20)23-16(2)25/h4-11H,12-14H2,1-3H3,(H,22,27)(H,23,25). The van der Waals surface area contributed by atoms with E-state index in [2.05, 4.69) is 10.6 Å². The minimum absolute atomic E-state index is 0.114. The first-order valence-corrected chi connectivity index (χ1v) is 8.83. The molecule has 142 valence electrons. The lowest BCUT2D eigenvalue weighted by Gasteiger charge is -2.21. The molecule has 3 amide bonds. The fourth-order valence-corrected chi connectivity index (χ4v) is 2.60. The molecule has 0 saturated carbocycles. The lowest BCUT2D eigenvalue weighted by atomic mass is 10.1. The van der Waals surface area contributed by atoms with Gasteiger partial charge >= 0.3 is 0 Å². The van der Waals surface area contributed by atoms with Gasteiger partial charge < -0.3 is 15.5 Å². The van der Waals surface area contributed by atoms with Crippen LogP contribution in [0.25, 0.3) is 0 Å². The predicted molar refractivity (Wildman–Crippen MR) is 106 cm³/mol. The molecule has 0 spiro atoms. The molecule has 0 fully saturated rings. The van der Waals surface area contributed by atoms with E-state index in [0.29, 0.717) is 17.9 Å². The second-order valence-electron chi connectivity index (χ2n) is 6.41. The van der Waals surface area contributed by atoms with Crippen molar-refractivity contribution < 1.29 is 14.4 Å². The monoisotopic (exact) mass is 367 g/mol. The van der Waals surface area contributed by atoms with Gasteiger partial charge in [-0.2, -0.15) is 0 Å². The molecule has 0 heterocycles. The van der Waals surface area contributed by atoms with E-state index < -0.39 is 0 Å². The highest BCUT2D eigenvalue weighted by Crippen LogP contribution is 2.18. The van der Waals surface area contributed by atoms with E-state index in [1.807, 2.05) is 31.2 Å². The number of anilines is 2. The number of benzene rings is 2. The van der Waals surface area contributed by atoms with Crippen molar-refractivity contribution in [3.05, 3.63) is 59.7 Å². The molecular formula is C21H25N3O3. The van der Waals surface area contributed by atoms with Crippen LogP contribution in [-0.4, -0.2) is 24.3 Å². The first-order chi connectivity index (χ1) is 12.8. The van der Waals surface area contributed by atoms with E-state index in [-0.39, 0.29) is 30.7 Å². The largest absolute Gasteiger partial charge is 0.352 e. The second-order valence-corrected chi connectivity index (χ2v) is 6.41. The van der Waals surface area contributed by atoms with E-state index in [1.165, 1.54) is 19.4 Å². The molecule has 0 aliphatic carbocycles. The molecule has 0 atom stereocenters. The first-order valence-electron chi connectivity index (χ1n) is 8.83. The summed E-state index contributed by atoms with van der Waals surface area (Å²) in [4.78, 5) is 36.7. The molecule has 0 unspecified atom stereocenters. The molecule has 2 aromatic rings. The molecule has 0 bridgehead atoms. The number of nitrogens with zero attached hydrogens (tertiary/aromatic N) is 1. The van der Waals surface area contributed by atoms with Gasteiger partial charge in [-0.1, -0.05) is 29.8 Å². The van der Waals surface area contributed by atoms with Gasteiger partial charge in [-0.25, -0.2) is 0 Å². The summed E-state index contributed by atoms with van der Waals surface area (Å²) < 4.78 is 0. The van der Waals surface area contributed by atoms with Gasteiger partial charge in [-0.15, -0.1) is 0 Å². The number of hydrogen-bond donors (Lipinski definition) is 2. The van der Waals surface area contributed by atoms with E-state index in [9.17, 15) is 14.4 Å². The van der Waals surface area contributed by atoms with Crippen LogP contribution in [0.3, 0.4) is 0 Å². The highest BCUT2D eigenvalue weighted by atomic mass is 16.2. The molecule has 0 aromatic heterocycles. The highest BCUT2D eigenvalue weighted by molar-refractivity contribution is 5.93. The summed E-state index contributed by atoms with van der Waals surface area (Å²) in [6, 6.07) is 14.9. The molecule has 27 heavy (non-hydrogen) atoms. The predicted octanol–water partition coefficient (Wildman–Crippen LogP) is 3.01. The van der Waals surface area contributed by atoms with Gasteiger partial charge in [-0.05, 0) is 36.8 Å². The molecular weight excluding hydrogens is 342 g/mol. The van der Waals surface area contributed by atoms with Gasteiger partial charge in [0.2, 0.25) is 17.7 Å². The zero-order chi connectivity index (χ0) is 19.8. The third-order valence-corrected chi connectivity index (χ3v) is 4.05. The summed E-state index contributed by atoms with van der Waals surface area (Å²) in [5, 5.41) is 5.55. The molecule has 6 nitrogen and oxygen atoms in total. The fraction of sp³-hybridized carbons (Fsp3) is 0.286. The van der Waals surface area contributed by atoms with Crippen molar-refractivity contribution in [2.45, 2.75) is 33.7 Å². The Morgan fingerprint density at radius 1 is 0.926 bits per heavy atom. The lowest BCUT2D eigenvalue weighted by molar-refractivity contribution is -0.121. The van der Waals surface area contributed by atoms with Crippen molar-refractivity contribution in [1.82, 2.24) is 5.32 Å². The number of carbonyl (C=O) groups is 3. The summed E-state index contributed by atoms with van der Waals surface area (Å²) in [5.41, 5.74) is 3.55. The van der Waals surface area contributed by atoms with Gasteiger partial charge in [0.25, 0.3) is 0 Å². The van der Waals surface area contributed by atoms with Crippen LogP contribution in [0.2, 0.25) is 0 Å². The van der Waals surface area contributed by atoms with Crippen LogP contribution in [0, 0.1) is 6.92 Å². The maximum absolute atomic E-state index is 12.1. The minimum atomic E-state index is -0.156. The molecule has 0 radical (unpaired) electrons. The van der Waals surface area contributed by atoms with E-state index in [4.69, 9.17) is 0 Å². The summed E-state index contributed by atoms with van der Waals surface area (Å²) in [7, 11) is 0. The minimum Gasteiger partial charge on any atom is -0.352 e. The van der Waals surface area contributed by atoms with Crippen molar-refractivity contribution in [2.75, 3.05) is 16.8 Å². The summed E-state index contributed by atoms with van der Waals surface area (Å²) in [5.74, 6) is -0.415. The number of carbonyl (C=O) groups excluding carboxylic acids is 3. The number of hydrogen-bond acceptors (Lipinski definition) is 3. The number of aryl methyl sites for hydroxylation is 1. The van der Waals surface area contributed by atoms with Gasteiger partial charge in [0.05, 0.1) is 0 Å². The van der Waals surface area contributed by atoms with Crippen LogP contribution >= 0.6 is 0 Å². The maximum atomic E-state index is 12.1. The number of nitrogens with one attached hydrogen (secondary N) is 2. The number of amides is 3. The van der Waals surface area contributed by atoms with Crippen LogP contribution in [0.4, 0.5) is 11.4 Å². The van der Waals surface area contributed by atoms with Crippen LogP contribution < -0.4 is 15.5 Å². The van der Waals surface area contributed by atoms with Crippen LogP contribution in [0.1, 0.15) is 31.4 Å². The van der Waals surface area contributed by atoms with Crippen molar-refractivity contribution in [2.24, 2.45) is 0 Å². The van der Waals surface area contributed by atoms with Gasteiger partial charge in [0.15, 0.2) is 0 Å². The van der Waals surface area contributed by atoms with Crippen LogP contribution in [0.15, 0.2) is 48.5 Å². The lowest BCUT2D eigenvalue weighted by Crippen LogP contribution is -2.33. The topological polar surface area (TPSA) is 78.5 Å². The van der Waals surface area contributed by atoms with Gasteiger partial charge in [0, 0.05) is 44.7 Å². The molecule has 2 N–H and O–H groups in total. The van der Waals surface area contributed by atoms with Crippen LogP contribution in [0.5, 0.6) is 0 Å². The smallest absolute Gasteiger partial charge is 0.223 e. The van der Waals surface area contributed by atoms with Crippen molar-refractivity contribution in [1.29, 1.82) is 0 Å². The molecule has 2 aromatic carbocycles. The molecule has 2 rings (SSSR count). The third-order valence-electron chi connectivity index (χ3n) is 4.05. The van der Waals surface area contributed by atoms with Crippen molar-refractivity contribution in [3.8, 4) is 0 Å². The Labute approximate surface area is 159 Å². The van der Waals surface area contributed by atoms with Gasteiger partial charge in [-0.3, -0.25) is 14.4 Å². The maximum Gasteiger partial charge on any atom is 0.223 e. The summed E-state index contributed by atoms with van der Waals surface area (Å²) in [6.45, 7) is 5.66. The van der Waals surface area contributed by atoms with E-state index in [0.717, 1.165) is 5.56 Å². The average Bonchev–Trinajstić information content (AvgIpc) is 2.62. The second kappa shape index (κ2) is 9.52. The zero-order valence-corrected chi connectivity index (χ0v) is 15.9. The van der Waals surface area contributed by atoms with E-state index in [1.54, 1.807) is 29.2 Å². The summed E-state index contributed by atoms with van der Waals surface area (Å²) >= 11 is 0. The number of rotatable bonds is 7. The summed E-state index contributed by atoms with van der Waals surface area (Å²) in [6.07, 6.45) is 0.207. The molecule has 0 aliphatic rings. The Morgan fingerprint density at radius 2 is 1.56 bits per heavy atom. The molecule has 0 saturated heterocycles. The SMILES string of the molecule is CC(=O)Nc1ccc(N(CCC(=O)NCc2ccc(C)cc2)C(C)=O)cc1. The van der Waals surface area contributed by atoms with Crippen molar-refractivity contribution in [3.63, 3.8) is 0 Å². The van der Waals surface area contributed by atoms with Crippen LogP contribution in [-0.2, 0) is 20.9 Å². The van der Waals surface area contributed by atoms with Gasteiger partial charge in [0.1, 0.15) is 0 Å². The quantitative estimate of drug-likeness (QED) is 0.790. The average molecular weight is 367 g/mol. The van der Waals surface area contributed by atoms with Crippen molar-refractivity contribution >= 4 is 29.1 Å². The Bertz CT molecular complexity index is 798. The Morgan fingerprint density at radius 3 is 2.11 bits per heavy atom. The van der Waals surface area contributed by atoms with E-state index >= 15 is 0 Å². The molecule has 6 heteroatoms. The normalized spacial score (nSPS) is 10.2. The Hall–Kier alpha value is -3.15. The Balaban J connectivity index is 1.89. The molecule has 0 aliphatic heterocycles. The highest BCUT2D eigenvalue weighted by Gasteiger charge is 2.13.